The van der Waals surface area contributed by atoms with Gasteiger partial charge in [0, 0.05) is 25.2 Å². The van der Waals surface area contributed by atoms with Gasteiger partial charge in [0.2, 0.25) is 0 Å². The third-order valence-corrected chi connectivity index (χ3v) is 3.45. The van der Waals surface area contributed by atoms with E-state index >= 15 is 0 Å². The van der Waals surface area contributed by atoms with E-state index in [0.717, 1.165) is 6.07 Å². The van der Waals surface area contributed by atoms with E-state index in [2.05, 4.69) is 0 Å². The number of rotatable bonds is 4. The predicted octanol–water partition coefficient (Wildman–Crippen LogP) is 1.15. The molecule has 1 N–H and O–H groups in total. The highest BCUT2D eigenvalue weighted by Gasteiger charge is 2.32. The van der Waals surface area contributed by atoms with Gasteiger partial charge >= 0.3 is 5.97 Å². The number of carbonyl (C=O) groups excluding carboxylic acids is 1. The second-order valence-electron chi connectivity index (χ2n) is 4.72. The quantitative estimate of drug-likeness (QED) is 0.659. The average molecular weight is 294 g/mol. The van der Waals surface area contributed by atoms with Crippen LogP contribution in [0.2, 0.25) is 0 Å². The number of non-ortho nitro benzene ring substituents is 1. The van der Waals surface area contributed by atoms with E-state index in [1.165, 1.54) is 24.1 Å². The number of hydrogen-bond donors (Lipinski definition) is 1. The van der Waals surface area contributed by atoms with Gasteiger partial charge in [0.1, 0.15) is 5.75 Å². The van der Waals surface area contributed by atoms with Crippen LogP contribution in [0.25, 0.3) is 0 Å². The first-order valence-electron chi connectivity index (χ1n) is 6.28. The van der Waals surface area contributed by atoms with Crippen molar-refractivity contribution in [2.75, 3.05) is 20.2 Å². The molecule has 1 amide bonds. The van der Waals surface area contributed by atoms with Crippen molar-refractivity contribution in [3.05, 3.63) is 33.9 Å². The molecule has 1 fully saturated rings. The van der Waals surface area contributed by atoms with Crippen LogP contribution in [0.4, 0.5) is 5.69 Å². The van der Waals surface area contributed by atoms with Gasteiger partial charge in [-0.25, -0.2) is 0 Å². The topological polar surface area (TPSA) is 110 Å². The maximum Gasteiger partial charge on any atom is 0.308 e. The molecular weight excluding hydrogens is 280 g/mol. The summed E-state index contributed by atoms with van der Waals surface area (Å²) in [6.45, 7) is 0.404. The molecule has 21 heavy (non-hydrogen) atoms. The number of aliphatic carboxylic acids is 1. The molecule has 1 atom stereocenters. The number of benzene rings is 1. The zero-order valence-electron chi connectivity index (χ0n) is 11.3. The molecule has 2 rings (SSSR count). The van der Waals surface area contributed by atoms with Crippen molar-refractivity contribution in [3.8, 4) is 5.75 Å². The van der Waals surface area contributed by atoms with E-state index in [9.17, 15) is 19.7 Å². The van der Waals surface area contributed by atoms with Crippen molar-refractivity contribution in [1.29, 1.82) is 0 Å². The Balaban J connectivity index is 2.28. The summed E-state index contributed by atoms with van der Waals surface area (Å²) >= 11 is 0. The minimum Gasteiger partial charge on any atom is -0.496 e. The zero-order valence-corrected chi connectivity index (χ0v) is 11.3. The minimum absolute atomic E-state index is 0.0674. The third-order valence-electron chi connectivity index (χ3n) is 3.45. The van der Waals surface area contributed by atoms with Crippen LogP contribution in [-0.2, 0) is 4.79 Å². The van der Waals surface area contributed by atoms with Crippen LogP contribution in [0.3, 0.4) is 0 Å². The van der Waals surface area contributed by atoms with Gasteiger partial charge in [-0.15, -0.1) is 0 Å². The number of hydrogen-bond acceptors (Lipinski definition) is 5. The number of nitrogens with zero attached hydrogens (tertiary/aromatic N) is 2. The van der Waals surface area contributed by atoms with Crippen LogP contribution >= 0.6 is 0 Å². The molecule has 1 aromatic rings. The highest BCUT2D eigenvalue weighted by Crippen LogP contribution is 2.27. The Hall–Kier alpha value is -2.64. The lowest BCUT2D eigenvalue weighted by atomic mass is 10.1. The van der Waals surface area contributed by atoms with Crippen molar-refractivity contribution in [3.63, 3.8) is 0 Å². The van der Waals surface area contributed by atoms with Gasteiger partial charge in [-0.2, -0.15) is 0 Å². The number of ether oxygens (including phenoxy) is 1. The first-order valence-corrected chi connectivity index (χ1v) is 6.28. The fourth-order valence-corrected chi connectivity index (χ4v) is 2.29. The van der Waals surface area contributed by atoms with Gasteiger partial charge in [-0.05, 0) is 12.5 Å². The summed E-state index contributed by atoms with van der Waals surface area (Å²) < 4.78 is 5.05. The first-order chi connectivity index (χ1) is 9.93. The smallest absolute Gasteiger partial charge is 0.308 e. The summed E-state index contributed by atoms with van der Waals surface area (Å²) in [4.78, 5) is 34.9. The highest BCUT2D eigenvalue weighted by molar-refractivity contribution is 5.98. The Morgan fingerprint density at radius 1 is 1.48 bits per heavy atom. The van der Waals surface area contributed by atoms with E-state index in [0.29, 0.717) is 13.0 Å². The fourth-order valence-electron chi connectivity index (χ4n) is 2.29. The second-order valence-corrected chi connectivity index (χ2v) is 4.72. The molecule has 8 nitrogen and oxygen atoms in total. The number of methoxy groups -OCH3 is 1. The Morgan fingerprint density at radius 2 is 2.19 bits per heavy atom. The molecule has 8 heteroatoms. The molecule has 0 aromatic heterocycles. The number of carboxylic acids is 1. The zero-order chi connectivity index (χ0) is 15.6. The van der Waals surface area contributed by atoms with Crippen molar-refractivity contribution in [2.45, 2.75) is 6.42 Å². The van der Waals surface area contributed by atoms with Crippen molar-refractivity contribution < 1.29 is 24.4 Å². The monoisotopic (exact) mass is 294 g/mol. The maximum absolute atomic E-state index is 12.4. The van der Waals surface area contributed by atoms with E-state index in [1.807, 2.05) is 0 Å². The largest absolute Gasteiger partial charge is 0.496 e. The Kier molecular flexibility index (Phi) is 4.06. The summed E-state index contributed by atoms with van der Waals surface area (Å²) in [5.41, 5.74) is -0.147. The summed E-state index contributed by atoms with van der Waals surface area (Å²) in [6.07, 6.45) is 0.373. The molecule has 112 valence electrons. The Labute approximate surface area is 120 Å². The number of likely N-dealkylation sites (tertiary alicyclic amines) is 1. The molecule has 0 radical (unpaired) electrons. The van der Waals surface area contributed by atoms with Crippen LogP contribution in [0.5, 0.6) is 5.75 Å². The van der Waals surface area contributed by atoms with Gasteiger partial charge in [-0.3, -0.25) is 19.7 Å². The van der Waals surface area contributed by atoms with Gasteiger partial charge in [0.25, 0.3) is 11.6 Å². The predicted molar refractivity (Wildman–Crippen MR) is 71.3 cm³/mol. The minimum atomic E-state index is -0.948. The molecule has 1 saturated heterocycles. The standard InChI is InChI=1S/C13H14N2O6/c1-21-11-3-2-9(15(19)20)6-10(11)12(16)14-5-4-8(7-14)13(17)18/h2-3,6,8H,4-5,7H2,1H3,(H,17,18). The van der Waals surface area contributed by atoms with Gasteiger partial charge < -0.3 is 14.7 Å². The van der Waals surface area contributed by atoms with Crippen molar-refractivity contribution >= 4 is 17.6 Å². The SMILES string of the molecule is COc1ccc([N+](=O)[O-])cc1C(=O)N1CCC(C(=O)O)C1. The molecule has 0 bridgehead atoms. The molecule has 0 spiro atoms. The van der Waals surface area contributed by atoms with E-state index in [1.54, 1.807) is 0 Å². The molecular formula is C13H14N2O6. The molecule has 1 unspecified atom stereocenters. The van der Waals surface area contributed by atoms with Crippen LogP contribution in [0, 0.1) is 16.0 Å². The maximum atomic E-state index is 12.4. The number of nitro groups is 1. The Morgan fingerprint density at radius 3 is 2.71 bits per heavy atom. The highest BCUT2D eigenvalue weighted by atomic mass is 16.6. The molecule has 1 heterocycles. The van der Waals surface area contributed by atoms with Crippen molar-refractivity contribution in [2.24, 2.45) is 5.92 Å². The van der Waals surface area contributed by atoms with Gasteiger partial charge in [0.15, 0.2) is 0 Å². The van der Waals surface area contributed by atoms with E-state index < -0.39 is 22.7 Å². The third kappa shape index (κ3) is 2.93. The van der Waals surface area contributed by atoms with Crippen LogP contribution in [-0.4, -0.2) is 47.0 Å². The number of carboxylic acid groups (broad SMARTS) is 1. The average Bonchev–Trinajstić information content (AvgIpc) is 2.95. The summed E-state index contributed by atoms with van der Waals surface area (Å²) in [7, 11) is 1.36. The van der Waals surface area contributed by atoms with E-state index in [4.69, 9.17) is 9.84 Å². The van der Waals surface area contributed by atoms with E-state index in [-0.39, 0.29) is 23.5 Å². The number of carbonyl (C=O) groups is 2. The Bertz CT molecular complexity index is 600. The molecule has 0 aliphatic carbocycles. The van der Waals surface area contributed by atoms with Crippen molar-refractivity contribution in [1.82, 2.24) is 4.90 Å². The molecule has 0 saturated carbocycles. The fraction of sp³-hybridized carbons (Fsp3) is 0.385. The lowest BCUT2D eigenvalue weighted by Gasteiger charge is -2.17. The van der Waals surface area contributed by atoms with Gasteiger partial charge in [0.05, 0.1) is 23.5 Å². The lowest BCUT2D eigenvalue weighted by molar-refractivity contribution is -0.384. The molecule has 1 aliphatic heterocycles. The second kappa shape index (κ2) is 5.78. The molecule has 1 aromatic carbocycles. The summed E-state index contributed by atoms with van der Waals surface area (Å²) in [6, 6.07) is 3.75. The first kappa shape index (κ1) is 14.8. The molecule has 1 aliphatic rings. The summed E-state index contributed by atoms with van der Waals surface area (Å²) in [5.74, 6) is -1.78. The van der Waals surface area contributed by atoms with Gasteiger partial charge in [-0.1, -0.05) is 0 Å². The lowest BCUT2D eigenvalue weighted by Crippen LogP contribution is -2.30. The van der Waals surface area contributed by atoms with Crippen LogP contribution in [0.15, 0.2) is 18.2 Å². The van der Waals surface area contributed by atoms with Crippen LogP contribution in [0.1, 0.15) is 16.8 Å². The normalized spacial score (nSPS) is 17.6. The number of nitro benzene ring substituents is 1. The number of amides is 1. The van der Waals surface area contributed by atoms with Crippen LogP contribution < -0.4 is 4.74 Å². The summed E-state index contributed by atoms with van der Waals surface area (Å²) in [5, 5.41) is 19.7.